The molecule has 0 bridgehead atoms. The lowest BCUT2D eigenvalue weighted by Crippen LogP contribution is -2.34. The van der Waals surface area contributed by atoms with Crippen molar-refractivity contribution in [1.29, 1.82) is 5.26 Å². The predicted octanol–water partition coefficient (Wildman–Crippen LogP) is 3.50. The van der Waals surface area contributed by atoms with E-state index in [0.29, 0.717) is 12.8 Å². The quantitative estimate of drug-likeness (QED) is 0.795. The third-order valence-corrected chi connectivity index (χ3v) is 4.08. The number of carbonyl (C=O) groups is 1. The van der Waals surface area contributed by atoms with E-state index in [2.05, 4.69) is 32.0 Å². The molecule has 1 unspecified atom stereocenters. The summed E-state index contributed by atoms with van der Waals surface area (Å²) < 4.78 is 0. The smallest absolute Gasteiger partial charge is 0.153 e. The van der Waals surface area contributed by atoms with Crippen molar-refractivity contribution in [1.82, 2.24) is 0 Å². The maximum Gasteiger partial charge on any atom is 0.153 e. The van der Waals surface area contributed by atoms with Gasteiger partial charge in [-0.1, -0.05) is 24.6 Å². The standard InChI is InChI=1S/C16H19NO/c1-12-6-7-14(9-13(12)2)10-16(11-17)8-4-3-5-15(16)18/h6-7,9H,3-5,8,10H2,1-2H3. The van der Waals surface area contributed by atoms with Crippen LogP contribution in [0.4, 0.5) is 0 Å². The van der Waals surface area contributed by atoms with Crippen molar-refractivity contribution >= 4 is 5.78 Å². The molecule has 1 aromatic carbocycles. The molecule has 1 atom stereocenters. The Bertz CT molecular complexity index is 512. The van der Waals surface area contributed by atoms with Gasteiger partial charge in [0.2, 0.25) is 0 Å². The van der Waals surface area contributed by atoms with Crippen LogP contribution >= 0.6 is 0 Å². The van der Waals surface area contributed by atoms with Crippen molar-refractivity contribution in [2.24, 2.45) is 5.41 Å². The summed E-state index contributed by atoms with van der Waals surface area (Å²) >= 11 is 0. The number of ketones is 1. The lowest BCUT2D eigenvalue weighted by atomic mass is 9.70. The van der Waals surface area contributed by atoms with Gasteiger partial charge in [0.15, 0.2) is 5.78 Å². The van der Waals surface area contributed by atoms with E-state index >= 15 is 0 Å². The molecule has 0 aliphatic heterocycles. The number of hydrogen-bond donors (Lipinski definition) is 0. The summed E-state index contributed by atoms with van der Waals surface area (Å²) in [6, 6.07) is 8.53. The Hall–Kier alpha value is -1.62. The first-order chi connectivity index (χ1) is 8.57. The Morgan fingerprint density at radius 3 is 2.67 bits per heavy atom. The number of nitrogens with zero attached hydrogens (tertiary/aromatic N) is 1. The van der Waals surface area contributed by atoms with Gasteiger partial charge in [0.25, 0.3) is 0 Å². The summed E-state index contributed by atoms with van der Waals surface area (Å²) in [4.78, 5) is 12.1. The van der Waals surface area contributed by atoms with Crippen LogP contribution in [0.5, 0.6) is 0 Å². The van der Waals surface area contributed by atoms with Crippen molar-refractivity contribution in [3.63, 3.8) is 0 Å². The molecular weight excluding hydrogens is 222 g/mol. The number of rotatable bonds is 2. The highest BCUT2D eigenvalue weighted by Gasteiger charge is 2.40. The largest absolute Gasteiger partial charge is 0.298 e. The minimum atomic E-state index is -0.764. The van der Waals surface area contributed by atoms with Crippen molar-refractivity contribution in [3.05, 3.63) is 34.9 Å². The average molecular weight is 241 g/mol. The summed E-state index contributed by atoms with van der Waals surface area (Å²) in [5.74, 6) is 0.134. The number of aryl methyl sites for hydroxylation is 2. The van der Waals surface area contributed by atoms with Crippen LogP contribution in [0.25, 0.3) is 0 Å². The normalized spacial score (nSPS) is 23.7. The van der Waals surface area contributed by atoms with Gasteiger partial charge in [-0.25, -0.2) is 0 Å². The minimum Gasteiger partial charge on any atom is -0.298 e. The van der Waals surface area contributed by atoms with Crippen molar-refractivity contribution in [2.75, 3.05) is 0 Å². The van der Waals surface area contributed by atoms with Gasteiger partial charge in [-0.2, -0.15) is 5.26 Å². The molecule has 1 aliphatic rings. The van der Waals surface area contributed by atoms with Crippen molar-refractivity contribution in [3.8, 4) is 6.07 Å². The lowest BCUT2D eigenvalue weighted by molar-refractivity contribution is -0.128. The average Bonchev–Trinajstić information content (AvgIpc) is 2.37. The molecule has 0 heterocycles. The molecule has 2 nitrogen and oxygen atoms in total. The van der Waals surface area contributed by atoms with E-state index in [1.807, 2.05) is 6.07 Å². The second-order valence-corrected chi connectivity index (χ2v) is 5.42. The summed E-state index contributed by atoms with van der Waals surface area (Å²) in [7, 11) is 0. The van der Waals surface area contributed by atoms with Crippen LogP contribution in [0.15, 0.2) is 18.2 Å². The van der Waals surface area contributed by atoms with E-state index in [9.17, 15) is 10.1 Å². The van der Waals surface area contributed by atoms with Gasteiger partial charge in [-0.15, -0.1) is 0 Å². The van der Waals surface area contributed by atoms with Gasteiger partial charge in [0.05, 0.1) is 6.07 Å². The molecule has 2 heteroatoms. The fraction of sp³-hybridized carbons (Fsp3) is 0.500. The zero-order chi connectivity index (χ0) is 13.2. The Labute approximate surface area is 109 Å². The van der Waals surface area contributed by atoms with Gasteiger partial charge < -0.3 is 0 Å². The summed E-state index contributed by atoms with van der Waals surface area (Å²) in [5, 5.41) is 9.43. The van der Waals surface area contributed by atoms with Gasteiger partial charge in [0, 0.05) is 6.42 Å². The van der Waals surface area contributed by atoms with Crippen molar-refractivity contribution in [2.45, 2.75) is 46.0 Å². The summed E-state index contributed by atoms with van der Waals surface area (Å²) in [5.41, 5.74) is 2.82. The first-order valence-corrected chi connectivity index (χ1v) is 6.58. The topological polar surface area (TPSA) is 40.9 Å². The van der Waals surface area contributed by atoms with E-state index < -0.39 is 5.41 Å². The van der Waals surface area contributed by atoms with Crippen LogP contribution in [0, 0.1) is 30.6 Å². The zero-order valence-corrected chi connectivity index (χ0v) is 11.1. The SMILES string of the molecule is Cc1ccc(CC2(C#N)CCCCC2=O)cc1C. The molecule has 0 radical (unpaired) electrons. The van der Waals surface area contributed by atoms with E-state index in [1.54, 1.807) is 0 Å². The monoisotopic (exact) mass is 241 g/mol. The zero-order valence-electron chi connectivity index (χ0n) is 11.1. The highest BCUT2D eigenvalue weighted by atomic mass is 16.1. The first kappa shape index (κ1) is 12.8. The van der Waals surface area contributed by atoms with E-state index in [4.69, 9.17) is 0 Å². The van der Waals surface area contributed by atoms with Crippen LogP contribution in [0.1, 0.15) is 42.4 Å². The van der Waals surface area contributed by atoms with Gasteiger partial charge in [0.1, 0.15) is 5.41 Å². The van der Waals surface area contributed by atoms with Gasteiger partial charge in [-0.3, -0.25) is 4.79 Å². The fourth-order valence-electron chi connectivity index (χ4n) is 2.70. The molecule has 2 rings (SSSR count). The molecule has 1 aromatic rings. The van der Waals surface area contributed by atoms with E-state index in [1.165, 1.54) is 11.1 Å². The number of Topliss-reactive ketones (excluding diaryl/α,β-unsaturated/α-hetero) is 1. The van der Waals surface area contributed by atoms with E-state index in [-0.39, 0.29) is 5.78 Å². The van der Waals surface area contributed by atoms with Gasteiger partial charge in [-0.05, 0) is 49.8 Å². The second-order valence-electron chi connectivity index (χ2n) is 5.42. The van der Waals surface area contributed by atoms with Crippen LogP contribution in [0.2, 0.25) is 0 Å². The summed E-state index contributed by atoms with van der Waals surface area (Å²) in [6.45, 7) is 4.14. The molecule has 1 aliphatic carbocycles. The fourth-order valence-corrected chi connectivity index (χ4v) is 2.70. The molecule has 18 heavy (non-hydrogen) atoms. The highest BCUT2D eigenvalue weighted by molar-refractivity contribution is 5.88. The van der Waals surface area contributed by atoms with Gasteiger partial charge >= 0.3 is 0 Å². The Kier molecular flexibility index (Phi) is 3.52. The maximum atomic E-state index is 12.1. The molecule has 94 valence electrons. The van der Waals surface area contributed by atoms with Crippen LogP contribution < -0.4 is 0 Å². The summed E-state index contributed by atoms with van der Waals surface area (Å²) in [6.07, 6.45) is 3.79. The Morgan fingerprint density at radius 2 is 2.06 bits per heavy atom. The lowest BCUT2D eigenvalue weighted by Gasteiger charge is -2.29. The molecule has 1 fully saturated rings. The van der Waals surface area contributed by atoms with Crippen LogP contribution in [-0.4, -0.2) is 5.78 Å². The number of hydrogen-bond acceptors (Lipinski definition) is 2. The maximum absolute atomic E-state index is 12.1. The predicted molar refractivity (Wildman–Crippen MR) is 71.1 cm³/mol. The molecule has 0 aromatic heterocycles. The molecule has 0 amide bonds. The molecular formula is C16H19NO. The molecule has 1 saturated carbocycles. The Balaban J connectivity index is 2.27. The van der Waals surface area contributed by atoms with Crippen LogP contribution in [-0.2, 0) is 11.2 Å². The third kappa shape index (κ3) is 2.31. The third-order valence-electron chi connectivity index (χ3n) is 4.08. The highest BCUT2D eigenvalue weighted by Crippen LogP contribution is 2.36. The number of benzene rings is 1. The first-order valence-electron chi connectivity index (χ1n) is 6.58. The van der Waals surface area contributed by atoms with E-state index in [0.717, 1.165) is 24.8 Å². The molecule has 0 N–H and O–H groups in total. The van der Waals surface area contributed by atoms with Crippen molar-refractivity contribution < 1.29 is 4.79 Å². The molecule has 0 saturated heterocycles. The molecule has 0 spiro atoms. The number of carbonyl (C=O) groups excluding carboxylic acids is 1. The second kappa shape index (κ2) is 4.94. The van der Waals surface area contributed by atoms with Crippen LogP contribution in [0.3, 0.4) is 0 Å². The number of nitriles is 1. The Morgan fingerprint density at radius 1 is 1.28 bits per heavy atom. The minimum absolute atomic E-state index is 0.134.